The van der Waals surface area contributed by atoms with E-state index in [0.717, 1.165) is 0 Å². The van der Waals surface area contributed by atoms with Gasteiger partial charge >= 0.3 is 0 Å². The molecule has 14 heavy (non-hydrogen) atoms. The van der Waals surface area contributed by atoms with E-state index in [4.69, 9.17) is 24.4 Å². The number of rotatable bonds is 10. The highest BCUT2D eigenvalue weighted by Gasteiger charge is 1.89. The normalized spacial score (nSPS) is 9.86. The van der Waals surface area contributed by atoms with Crippen LogP contribution in [-0.2, 0) is 14.2 Å². The van der Waals surface area contributed by atoms with E-state index in [9.17, 15) is 0 Å². The third-order valence-corrected chi connectivity index (χ3v) is 1.22. The summed E-state index contributed by atoms with van der Waals surface area (Å²) in [6.45, 7) is 2.76. The first-order valence-corrected chi connectivity index (χ1v) is 4.36. The minimum absolute atomic E-state index is 0. The highest BCUT2D eigenvalue weighted by atomic mass is 35.5. The molecule has 0 atom stereocenters. The summed E-state index contributed by atoms with van der Waals surface area (Å²) >= 11 is 0. The summed E-state index contributed by atoms with van der Waals surface area (Å²) in [5, 5.41) is 16.7. The second-order valence-corrected chi connectivity index (χ2v) is 2.28. The van der Waals surface area contributed by atoms with E-state index in [0.29, 0.717) is 39.6 Å². The van der Waals surface area contributed by atoms with Gasteiger partial charge in [0.05, 0.1) is 52.9 Å². The van der Waals surface area contributed by atoms with E-state index >= 15 is 0 Å². The number of aliphatic hydroxyl groups excluding tert-OH is 2. The predicted octanol–water partition coefficient (Wildman–Crippen LogP) is -0.557. The summed E-state index contributed by atoms with van der Waals surface area (Å²) in [7, 11) is 0. The topological polar surface area (TPSA) is 68.2 Å². The molecule has 0 aliphatic carbocycles. The molecule has 0 radical (unpaired) electrons. The van der Waals surface area contributed by atoms with Crippen molar-refractivity contribution < 1.29 is 24.4 Å². The van der Waals surface area contributed by atoms with Crippen LogP contribution in [0.5, 0.6) is 0 Å². The highest BCUT2D eigenvalue weighted by Crippen LogP contribution is 1.80. The van der Waals surface area contributed by atoms with Crippen LogP contribution < -0.4 is 0 Å². The lowest BCUT2D eigenvalue weighted by atomic mass is 10.7. The fourth-order valence-electron chi connectivity index (χ4n) is 0.671. The number of aliphatic hydroxyl groups is 2. The molecule has 0 unspecified atom stereocenters. The first-order valence-electron chi connectivity index (χ1n) is 4.36. The lowest BCUT2D eigenvalue weighted by Gasteiger charge is -2.04. The molecule has 0 aliphatic heterocycles. The van der Waals surface area contributed by atoms with Crippen LogP contribution in [0.25, 0.3) is 0 Å². The van der Waals surface area contributed by atoms with Crippen molar-refractivity contribution >= 4 is 12.4 Å². The first-order chi connectivity index (χ1) is 6.41. The maximum Gasteiger partial charge on any atom is 0.0701 e. The monoisotopic (exact) mass is 230 g/mol. The Morgan fingerprint density at radius 3 is 1.14 bits per heavy atom. The molecule has 0 saturated heterocycles. The molecule has 6 heteroatoms. The van der Waals surface area contributed by atoms with Gasteiger partial charge in [-0.2, -0.15) is 0 Å². The Balaban J connectivity index is 0. The second kappa shape index (κ2) is 15.6. The molecule has 0 fully saturated rings. The summed E-state index contributed by atoms with van der Waals surface area (Å²) in [5.74, 6) is 0. The molecule has 0 aliphatic rings. The lowest BCUT2D eigenvalue weighted by molar-refractivity contribution is 0.00230. The molecule has 0 aromatic carbocycles. The largest absolute Gasteiger partial charge is 0.394 e. The van der Waals surface area contributed by atoms with Gasteiger partial charge in [0.15, 0.2) is 0 Å². The van der Waals surface area contributed by atoms with Gasteiger partial charge in [-0.15, -0.1) is 12.4 Å². The molecule has 2 N–H and O–H groups in total. The van der Waals surface area contributed by atoms with Gasteiger partial charge in [-0.3, -0.25) is 0 Å². The Morgan fingerprint density at radius 1 is 0.571 bits per heavy atom. The van der Waals surface area contributed by atoms with Gasteiger partial charge in [0.25, 0.3) is 0 Å². The lowest BCUT2D eigenvalue weighted by Crippen LogP contribution is -2.11. The molecular formula is C8H19ClO5. The zero-order valence-electron chi connectivity index (χ0n) is 8.18. The van der Waals surface area contributed by atoms with Gasteiger partial charge in [0.1, 0.15) is 0 Å². The van der Waals surface area contributed by atoms with Crippen molar-refractivity contribution in [3.05, 3.63) is 0 Å². The van der Waals surface area contributed by atoms with Crippen LogP contribution in [0, 0.1) is 0 Å². The molecule has 5 nitrogen and oxygen atoms in total. The van der Waals surface area contributed by atoms with E-state index in [1.54, 1.807) is 0 Å². The fraction of sp³-hybridized carbons (Fsp3) is 1.00. The Bertz CT molecular complexity index is 83.8. The van der Waals surface area contributed by atoms with Crippen molar-refractivity contribution in [2.24, 2.45) is 0 Å². The smallest absolute Gasteiger partial charge is 0.0701 e. The molecular weight excluding hydrogens is 212 g/mol. The minimum atomic E-state index is 0. The predicted molar refractivity (Wildman–Crippen MR) is 53.9 cm³/mol. The number of hydrogen-bond donors (Lipinski definition) is 2. The molecule has 0 aromatic rings. The van der Waals surface area contributed by atoms with Crippen molar-refractivity contribution in [2.75, 3.05) is 52.9 Å². The van der Waals surface area contributed by atoms with Crippen molar-refractivity contribution in [1.82, 2.24) is 0 Å². The van der Waals surface area contributed by atoms with Gasteiger partial charge < -0.3 is 24.4 Å². The van der Waals surface area contributed by atoms with E-state index < -0.39 is 0 Å². The summed E-state index contributed by atoms with van der Waals surface area (Å²) in [6, 6.07) is 0. The van der Waals surface area contributed by atoms with Crippen molar-refractivity contribution in [3.8, 4) is 0 Å². The number of ether oxygens (including phenoxy) is 3. The SMILES string of the molecule is Cl.OCCOCCOCCOCCO. The van der Waals surface area contributed by atoms with Crippen LogP contribution in [0.3, 0.4) is 0 Å². The van der Waals surface area contributed by atoms with E-state index in [1.807, 2.05) is 0 Å². The maximum absolute atomic E-state index is 8.36. The molecule has 0 aromatic heterocycles. The molecule has 0 bridgehead atoms. The van der Waals surface area contributed by atoms with Crippen molar-refractivity contribution in [2.45, 2.75) is 0 Å². The third-order valence-electron chi connectivity index (χ3n) is 1.22. The quantitative estimate of drug-likeness (QED) is 0.493. The van der Waals surface area contributed by atoms with Crippen LogP contribution in [0.4, 0.5) is 0 Å². The molecule has 0 saturated carbocycles. The van der Waals surface area contributed by atoms with Gasteiger partial charge in [-0.1, -0.05) is 0 Å². The zero-order valence-corrected chi connectivity index (χ0v) is 9.00. The second-order valence-electron chi connectivity index (χ2n) is 2.28. The van der Waals surface area contributed by atoms with Gasteiger partial charge in [-0.05, 0) is 0 Å². The van der Waals surface area contributed by atoms with Crippen molar-refractivity contribution in [1.29, 1.82) is 0 Å². The highest BCUT2D eigenvalue weighted by molar-refractivity contribution is 5.85. The molecule has 0 heterocycles. The minimum Gasteiger partial charge on any atom is -0.394 e. The zero-order chi connectivity index (χ0) is 9.78. The summed E-state index contributed by atoms with van der Waals surface area (Å²) in [4.78, 5) is 0. The third kappa shape index (κ3) is 14.6. The first kappa shape index (κ1) is 16.5. The Labute approximate surface area is 90.4 Å². The van der Waals surface area contributed by atoms with Gasteiger partial charge in [-0.25, -0.2) is 0 Å². The Morgan fingerprint density at radius 2 is 0.857 bits per heavy atom. The Hall–Kier alpha value is 0.0900. The van der Waals surface area contributed by atoms with E-state index in [-0.39, 0.29) is 25.6 Å². The standard InChI is InChI=1S/C8H18O5.ClH/c9-1-3-11-5-7-13-8-6-12-4-2-10;/h9-10H,1-8H2;1H. The van der Waals surface area contributed by atoms with Crippen LogP contribution in [-0.4, -0.2) is 63.1 Å². The average Bonchev–Trinajstić information content (AvgIpc) is 2.16. The van der Waals surface area contributed by atoms with E-state index in [1.165, 1.54) is 0 Å². The number of hydrogen-bond acceptors (Lipinski definition) is 5. The number of halogens is 1. The van der Waals surface area contributed by atoms with Crippen molar-refractivity contribution in [3.63, 3.8) is 0 Å². The molecule has 0 amide bonds. The van der Waals surface area contributed by atoms with Crippen LogP contribution >= 0.6 is 12.4 Å². The van der Waals surface area contributed by atoms with Crippen LogP contribution in [0.1, 0.15) is 0 Å². The molecule has 0 spiro atoms. The average molecular weight is 231 g/mol. The van der Waals surface area contributed by atoms with Crippen LogP contribution in [0.2, 0.25) is 0 Å². The van der Waals surface area contributed by atoms with E-state index in [2.05, 4.69) is 0 Å². The van der Waals surface area contributed by atoms with Crippen LogP contribution in [0.15, 0.2) is 0 Å². The van der Waals surface area contributed by atoms with Gasteiger partial charge in [0, 0.05) is 0 Å². The summed E-state index contributed by atoms with van der Waals surface area (Å²) in [6.07, 6.45) is 0. The molecule has 88 valence electrons. The Kier molecular flexibility index (Phi) is 18.4. The molecule has 0 rings (SSSR count). The summed E-state index contributed by atoms with van der Waals surface area (Å²) in [5.41, 5.74) is 0. The maximum atomic E-state index is 8.36. The fourth-order valence-corrected chi connectivity index (χ4v) is 0.671. The van der Waals surface area contributed by atoms with Gasteiger partial charge in [0.2, 0.25) is 0 Å². The summed E-state index contributed by atoms with van der Waals surface area (Å²) < 4.78 is 15.0.